The van der Waals surface area contributed by atoms with Crippen LogP contribution in [0.1, 0.15) is 11.8 Å². The molecule has 1 atom stereocenters. The number of pyridine rings is 1. The second-order valence-electron chi connectivity index (χ2n) is 5.36. The summed E-state index contributed by atoms with van der Waals surface area (Å²) < 4.78 is 0. The minimum Gasteiger partial charge on any atom is -0.383 e. The van der Waals surface area contributed by atoms with Gasteiger partial charge in [0.15, 0.2) is 0 Å². The van der Waals surface area contributed by atoms with Crippen molar-refractivity contribution < 1.29 is 9.90 Å². The number of carbonyl (C=O) groups excluding carboxylic acids is 1. The first-order valence-electron chi connectivity index (χ1n) is 6.83. The van der Waals surface area contributed by atoms with Crippen LogP contribution in [0.4, 0.5) is 16.3 Å². The van der Waals surface area contributed by atoms with Gasteiger partial charge in [0, 0.05) is 19.0 Å². The fourth-order valence-electron chi connectivity index (χ4n) is 1.82. The number of hydrogen-bond donors (Lipinski definition) is 3. The minimum atomic E-state index is -1.08. The number of carbonyl (C=O) groups is 1. The van der Waals surface area contributed by atoms with E-state index in [1.54, 1.807) is 19.2 Å². The first-order valence-corrected chi connectivity index (χ1v) is 7.71. The lowest BCUT2D eigenvalue weighted by molar-refractivity contribution is 0.0637. The van der Waals surface area contributed by atoms with Crippen molar-refractivity contribution in [1.82, 2.24) is 10.3 Å². The molecule has 2 heterocycles. The van der Waals surface area contributed by atoms with Crippen LogP contribution in [-0.4, -0.2) is 36.8 Å². The van der Waals surface area contributed by atoms with Crippen molar-refractivity contribution in [3.05, 3.63) is 40.7 Å². The number of hydrogen-bond acceptors (Lipinski definition) is 5. The number of aliphatic hydroxyl groups is 1. The van der Waals surface area contributed by atoms with Gasteiger partial charge in [-0.3, -0.25) is 0 Å². The Bertz CT molecular complexity index is 609. The number of anilines is 2. The van der Waals surface area contributed by atoms with E-state index >= 15 is 0 Å². The number of urea groups is 1. The number of nitrogens with zero attached hydrogens (tertiary/aromatic N) is 2. The topological polar surface area (TPSA) is 77.5 Å². The van der Waals surface area contributed by atoms with Crippen LogP contribution >= 0.6 is 11.3 Å². The molecule has 0 fully saturated rings. The fraction of sp³-hybridized carbons (Fsp3) is 0.333. The predicted octanol–water partition coefficient (Wildman–Crippen LogP) is 2.24. The summed E-state index contributed by atoms with van der Waals surface area (Å²) in [5, 5.41) is 17.6. The third-order valence-electron chi connectivity index (χ3n) is 3.11. The summed E-state index contributed by atoms with van der Waals surface area (Å²) in [5.41, 5.74) is -0.489. The SMILES string of the molecule is CN(C)c1ccc(NC(=O)NCC(C)(O)c2cccs2)cn1. The van der Waals surface area contributed by atoms with E-state index < -0.39 is 5.60 Å². The Kier molecular flexibility index (Phi) is 4.99. The van der Waals surface area contributed by atoms with Crippen LogP contribution in [0.3, 0.4) is 0 Å². The van der Waals surface area contributed by atoms with Crippen LogP contribution in [0.5, 0.6) is 0 Å². The number of thiophene rings is 1. The quantitative estimate of drug-likeness (QED) is 0.789. The molecule has 2 rings (SSSR count). The molecule has 2 amide bonds. The number of aromatic nitrogens is 1. The molecule has 0 aromatic carbocycles. The highest BCUT2D eigenvalue weighted by atomic mass is 32.1. The lowest BCUT2D eigenvalue weighted by atomic mass is 10.1. The zero-order valence-electron chi connectivity index (χ0n) is 12.8. The van der Waals surface area contributed by atoms with Crippen molar-refractivity contribution in [3.8, 4) is 0 Å². The molecule has 0 aliphatic rings. The molecule has 1 unspecified atom stereocenters. The van der Waals surface area contributed by atoms with Crippen molar-refractivity contribution >= 4 is 28.9 Å². The minimum absolute atomic E-state index is 0.128. The summed E-state index contributed by atoms with van der Waals surface area (Å²) in [6, 6.07) is 6.92. The predicted molar refractivity (Wildman–Crippen MR) is 89.5 cm³/mol. The highest BCUT2D eigenvalue weighted by molar-refractivity contribution is 7.10. The lowest BCUT2D eigenvalue weighted by Gasteiger charge is -2.22. The average molecular weight is 320 g/mol. The highest BCUT2D eigenvalue weighted by Crippen LogP contribution is 2.24. The molecule has 0 saturated carbocycles. The van der Waals surface area contributed by atoms with Gasteiger partial charge >= 0.3 is 6.03 Å². The third kappa shape index (κ3) is 4.19. The molecule has 118 valence electrons. The normalized spacial score (nSPS) is 13.3. The van der Waals surface area contributed by atoms with Crippen LogP contribution in [0.25, 0.3) is 0 Å². The Morgan fingerprint density at radius 1 is 1.41 bits per heavy atom. The standard InChI is InChI=1S/C15H20N4O2S/c1-15(21,12-5-4-8-22-12)10-17-14(20)18-11-6-7-13(16-9-11)19(2)3/h4-9,21H,10H2,1-3H3,(H2,17,18,20). The van der Waals surface area contributed by atoms with Crippen LogP contribution in [0, 0.1) is 0 Å². The van der Waals surface area contributed by atoms with E-state index in [9.17, 15) is 9.90 Å². The Balaban J connectivity index is 1.88. The maximum Gasteiger partial charge on any atom is 0.319 e. The van der Waals surface area contributed by atoms with Gasteiger partial charge < -0.3 is 20.6 Å². The van der Waals surface area contributed by atoms with E-state index in [4.69, 9.17) is 0 Å². The molecular weight excluding hydrogens is 300 g/mol. The van der Waals surface area contributed by atoms with E-state index in [2.05, 4.69) is 15.6 Å². The Hall–Kier alpha value is -2.12. The summed E-state index contributed by atoms with van der Waals surface area (Å²) >= 11 is 1.45. The van der Waals surface area contributed by atoms with Crippen LogP contribution in [0.15, 0.2) is 35.8 Å². The van der Waals surface area contributed by atoms with Gasteiger partial charge in [-0.25, -0.2) is 9.78 Å². The van der Waals surface area contributed by atoms with E-state index in [1.165, 1.54) is 11.3 Å². The number of nitrogens with one attached hydrogen (secondary N) is 2. The van der Waals surface area contributed by atoms with Crippen LogP contribution in [-0.2, 0) is 5.60 Å². The number of rotatable bonds is 5. The molecule has 22 heavy (non-hydrogen) atoms. The zero-order chi connectivity index (χ0) is 16.2. The van der Waals surface area contributed by atoms with Gasteiger partial charge in [0.05, 0.1) is 18.4 Å². The van der Waals surface area contributed by atoms with Crippen molar-refractivity contribution in [3.63, 3.8) is 0 Å². The maximum atomic E-state index is 11.9. The monoisotopic (exact) mass is 320 g/mol. The first-order chi connectivity index (χ1) is 10.4. The van der Waals surface area contributed by atoms with E-state index in [0.717, 1.165) is 10.7 Å². The van der Waals surface area contributed by atoms with Gasteiger partial charge in [-0.05, 0) is 30.5 Å². The molecule has 0 radical (unpaired) electrons. The van der Waals surface area contributed by atoms with Gasteiger partial charge in [0.2, 0.25) is 0 Å². The molecule has 3 N–H and O–H groups in total. The van der Waals surface area contributed by atoms with E-state index in [0.29, 0.717) is 5.69 Å². The molecule has 0 aliphatic carbocycles. The average Bonchev–Trinajstić information content (AvgIpc) is 3.01. The van der Waals surface area contributed by atoms with Crippen molar-refractivity contribution in [1.29, 1.82) is 0 Å². The second-order valence-corrected chi connectivity index (χ2v) is 6.31. The van der Waals surface area contributed by atoms with E-state index in [1.807, 2.05) is 42.6 Å². The molecule has 0 aliphatic heterocycles. The highest BCUT2D eigenvalue weighted by Gasteiger charge is 2.24. The molecule has 0 saturated heterocycles. The Labute approximate surface area is 133 Å². The zero-order valence-corrected chi connectivity index (χ0v) is 13.6. The third-order valence-corrected chi connectivity index (χ3v) is 4.23. The smallest absolute Gasteiger partial charge is 0.319 e. The van der Waals surface area contributed by atoms with Gasteiger partial charge in [-0.1, -0.05) is 6.07 Å². The maximum absolute atomic E-state index is 11.9. The lowest BCUT2D eigenvalue weighted by Crippen LogP contribution is -2.40. The van der Waals surface area contributed by atoms with Crippen LogP contribution in [0.2, 0.25) is 0 Å². The van der Waals surface area contributed by atoms with Gasteiger partial charge in [0.1, 0.15) is 11.4 Å². The van der Waals surface area contributed by atoms with Crippen LogP contribution < -0.4 is 15.5 Å². The van der Waals surface area contributed by atoms with Crippen molar-refractivity contribution in [2.75, 3.05) is 30.9 Å². The molecule has 2 aromatic rings. The van der Waals surface area contributed by atoms with Gasteiger partial charge in [0.25, 0.3) is 0 Å². The molecule has 7 heteroatoms. The Morgan fingerprint density at radius 3 is 2.73 bits per heavy atom. The first kappa shape index (κ1) is 16.3. The molecule has 0 bridgehead atoms. The molecule has 0 spiro atoms. The molecule has 2 aromatic heterocycles. The second kappa shape index (κ2) is 6.76. The van der Waals surface area contributed by atoms with Crippen molar-refractivity contribution in [2.45, 2.75) is 12.5 Å². The Morgan fingerprint density at radius 2 is 2.18 bits per heavy atom. The summed E-state index contributed by atoms with van der Waals surface area (Å²) in [5.74, 6) is 0.812. The fourth-order valence-corrected chi connectivity index (χ4v) is 2.61. The summed E-state index contributed by atoms with van der Waals surface area (Å²) in [6.45, 7) is 1.80. The largest absolute Gasteiger partial charge is 0.383 e. The van der Waals surface area contributed by atoms with Gasteiger partial charge in [-0.15, -0.1) is 11.3 Å². The molecule has 6 nitrogen and oxygen atoms in total. The summed E-state index contributed by atoms with van der Waals surface area (Å²) in [6.07, 6.45) is 1.59. The molecular formula is C15H20N4O2S. The summed E-state index contributed by atoms with van der Waals surface area (Å²) in [4.78, 5) is 18.8. The van der Waals surface area contributed by atoms with Gasteiger partial charge in [-0.2, -0.15) is 0 Å². The summed E-state index contributed by atoms with van der Waals surface area (Å²) in [7, 11) is 3.80. The van der Waals surface area contributed by atoms with Crippen molar-refractivity contribution in [2.24, 2.45) is 0 Å². The van der Waals surface area contributed by atoms with E-state index in [-0.39, 0.29) is 12.6 Å². The number of amides is 2.